The Morgan fingerprint density at radius 2 is 2.25 bits per heavy atom. The summed E-state index contributed by atoms with van der Waals surface area (Å²) < 4.78 is 0. The van der Waals surface area contributed by atoms with Crippen LogP contribution in [0.1, 0.15) is 18.2 Å². The van der Waals surface area contributed by atoms with Crippen molar-refractivity contribution in [1.82, 2.24) is 15.1 Å². The number of rotatable bonds is 5. The Kier molecular flexibility index (Phi) is 6.01. The number of nitrogens with zero attached hydrogens (tertiary/aromatic N) is 2. The lowest BCUT2D eigenvalue weighted by Gasteiger charge is -2.24. The second-order valence-corrected chi connectivity index (χ2v) is 6.53. The topological polar surface area (TPSA) is 35.6 Å². The summed E-state index contributed by atoms with van der Waals surface area (Å²) in [6.07, 6.45) is 1.07. The van der Waals surface area contributed by atoms with Gasteiger partial charge in [0.25, 0.3) is 0 Å². The van der Waals surface area contributed by atoms with Gasteiger partial charge in [-0.15, -0.1) is 11.3 Å². The third kappa shape index (κ3) is 4.30. The van der Waals surface area contributed by atoms with Gasteiger partial charge in [0.2, 0.25) is 5.91 Å². The van der Waals surface area contributed by atoms with Crippen LogP contribution in [-0.4, -0.2) is 55.5 Å². The van der Waals surface area contributed by atoms with E-state index >= 15 is 0 Å². The zero-order chi connectivity index (χ0) is 14.4. The fourth-order valence-corrected chi connectivity index (χ4v) is 3.42. The summed E-state index contributed by atoms with van der Waals surface area (Å²) in [5.41, 5.74) is 0. The van der Waals surface area contributed by atoms with E-state index in [1.54, 1.807) is 0 Å². The third-order valence-electron chi connectivity index (χ3n) is 3.79. The molecule has 2 heterocycles. The van der Waals surface area contributed by atoms with Crippen molar-refractivity contribution >= 4 is 17.2 Å². The highest BCUT2D eigenvalue weighted by Crippen LogP contribution is 2.14. The Balaban J connectivity index is 1.84. The molecule has 4 nitrogen and oxygen atoms in total. The summed E-state index contributed by atoms with van der Waals surface area (Å²) in [6.45, 7) is 7.61. The maximum atomic E-state index is 12.3. The van der Waals surface area contributed by atoms with E-state index in [1.165, 1.54) is 4.88 Å². The van der Waals surface area contributed by atoms with Crippen molar-refractivity contribution in [2.45, 2.75) is 19.9 Å². The number of hydrogen-bond donors (Lipinski definition) is 1. The van der Waals surface area contributed by atoms with Crippen molar-refractivity contribution in [2.75, 3.05) is 39.8 Å². The van der Waals surface area contributed by atoms with Gasteiger partial charge < -0.3 is 10.2 Å². The van der Waals surface area contributed by atoms with Crippen LogP contribution in [0.5, 0.6) is 0 Å². The van der Waals surface area contributed by atoms with E-state index in [0.29, 0.717) is 0 Å². The average Bonchev–Trinajstić information content (AvgIpc) is 2.83. The van der Waals surface area contributed by atoms with E-state index in [9.17, 15) is 4.79 Å². The van der Waals surface area contributed by atoms with E-state index in [-0.39, 0.29) is 11.8 Å². The first-order valence-electron chi connectivity index (χ1n) is 7.39. The summed E-state index contributed by atoms with van der Waals surface area (Å²) in [6, 6.07) is 4.29. The van der Waals surface area contributed by atoms with E-state index < -0.39 is 0 Å². The minimum Gasteiger partial charge on any atom is -0.341 e. The molecule has 1 unspecified atom stereocenters. The van der Waals surface area contributed by atoms with Gasteiger partial charge in [0, 0.05) is 50.1 Å². The minimum atomic E-state index is 0.0730. The molecule has 1 aliphatic heterocycles. The van der Waals surface area contributed by atoms with E-state index in [4.69, 9.17) is 0 Å². The molecule has 1 aromatic rings. The predicted octanol–water partition coefficient (Wildman–Crippen LogP) is 1.64. The zero-order valence-corrected chi connectivity index (χ0v) is 13.3. The maximum Gasteiger partial charge on any atom is 0.226 e. The quantitative estimate of drug-likeness (QED) is 0.897. The fraction of sp³-hybridized carbons (Fsp3) is 0.667. The molecule has 1 fully saturated rings. The standard InChI is InChI=1S/C15H25N3OS/c1-13(11-16-2)15(19)18-7-4-6-17(8-9-18)12-14-5-3-10-20-14/h3,5,10,13,16H,4,6-9,11-12H2,1-2H3. The molecule has 1 amide bonds. The second kappa shape index (κ2) is 7.76. The minimum absolute atomic E-state index is 0.0730. The van der Waals surface area contributed by atoms with Crippen LogP contribution in [0.25, 0.3) is 0 Å². The number of carbonyl (C=O) groups excluding carboxylic acids is 1. The van der Waals surface area contributed by atoms with Crippen LogP contribution in [0, 0.1) is 5.92 Å². The van der Waals surface area contributed by atoms with E-state index in [1.807, 2.05) is 30.2 Å². The molecule has 1 N–H and O–H groups in total. The number of amides is 1. The smallest absolute Gasteiger partial charge is 0.226 e. The summed E-state index contributed by atoms with van der Waals surface area (Å²) >= 11 is 1.81. The molecule has 0 saturated carbocycles. The van der Waals surface area contributed by atoms with Gasteiger partial charge in [-0.05, 0) is 24.9 Å². The highest BCUT2D eigenvalue weighted by Gasteiger charge is 2.22. The van der Waals surface area contributed by atoms with Crippen molar-refractivity contribution < 1.29 is 4.79 Å². The molecule has 1 aromatic heterocycles. The van der Waals surface area contributed by atoms with Gasteiger partial charge in [0.1, 0.15) is 0 Å². The van der Waals surface area contributed by atoms with Gasteiger partial charge in [-0.1, -0.05) is 13.0 Å². The zero-order valence-electron chi connectivity index (χ0n) is 12.5. The van der Waals surface area contributed by atoms with Gasteiger partial charge in [0.15, 0.2) is 0 Å². The number of carbonyl (C=O) groups is 1. The van der Waals surface area contributed by atoms with Crippen LogP contribution in [0.4, 0.5) is 0 Å². The average molecular weight is 295 g/mol. The third-order valence-corrected chi connectivity index (χ3v) is 4.65. The van der Waals surface area contributed by atoms with Crippen LogP contribution in [-0.2, 0) is 11.3 Å². The molecule has 2 rings (SSSR count). The van der Waals surface area contributed by atoms with Gasteiger partial charge in [-0.3, -0.25) is 9.69 Å². The number of nitrogens with one attached hydrogen (secondary N) is 1. The second-order valence-electron chi connectivity index (χ2n) is 5.49. The van der Waals surface area contributed by atoms with Gasteiger partial charge in [-0.2, -0.15) is 0 Å². The van der Waals surface area contributed by atoms with Crippen LogP contribution in [0.15, 0.2) is 17.5 Å². The number of thiophene rings is 1. The summed E-state index contributed by atoms with van der Waals surface area (Å²) in [7, 11) is 1.90. The first-order valence-corrected chi connectivity index (χ1v) is 8.27. The molecule has 0 aliphatic carbocycles. The molecule has 1 saturated heterocycles. The largest absolute Gasteiger partial charge is 0.341 e. The van der Waals surface area contributed by atoms with Gasteiger partial charge in [-0.25, -0.2) is 0 Å². The van der Waals surface area contributed by atoms with Crippen molar-refractivity contribution in [1.29, 1.82) is 0 Å². The van der Waals surface area contributed by atoms with Crippen LogP contribution >= 0.6 is 11.3 Å². The number of hydrogen-bond acceptors (Lipinski definition) is 4. The first kappa shape index (κ1) is 15.5. The SMILES string of the molecule is CNCC(C)C(=O)N1CCCN(Cc2cccs2)CC1. The highest BCUT2D eigenvalue weighted by atomic mass is 32.1. The molecule has 1 atom stereocenters. The Morgan fingerprint density at radius 1 is 1.40 bits per heavy atom. The Bertz CT molecular complexity index is 407. The van der Waals surface area contributed by atoms with Crippen molar-refractivity contribution in [3.05, 3.63) is 22.4 Å². The molecule has 5 heteroatoms. The molecule has 20 heavy (non-hydrogen) atoms. The van der Waals surface area contributed by atoms with Crippen LogP contribution < -0.4 is 5.32 Å². The van der Waals surface area contributed by atoms with Crippen molar-refractivity contribution in [3.8, 4) is 0 Å². The van der Waals surface area contributed by atoms with Gasteiger partial charge in [0.05, 0.1) is 0 Å². The summed E-state index contributed by atoms with van der Waals surface area (Å²) in [4.78, 5) is 18.2. The Labute approximate surface area is 125 Å². The van der Waals surface area contributed by atoms with Crippen molar-refractivity contribution in [3.63, 3.8) is 0 Å². The maximum absolute atomic E-state index is 12.3. The molecular weight excluding hydrogens is 270 g/mol. The summed E-state index contributed by atoms with van der Waals surface area (Å²) in [5, 5.41) is 5.21. The molecule has 0 bridgehead atoms. The molecule has 1 aliphatic rings. The van der Waals surface area contributed by atoms with Crippen LogP contribution in [0.2, 0.25) is 0 Å². The van der Waals surface area contributed by atoms with Crippen molar-refractivity contribution in [2.24, 2.45) is 5.92 Å². The Morgan fingerprint density at radius 3 is 2.95 bits per heavy atom. The molecular formula is C15H25N3OS. The lowest BCUT2D eigenvalue weighted by Crippen LogP contribution is -2.40. The van der Waals surface area contributed by atoms with Crippen LogP contribution in [0.3, 0.4) is 0 Å². The molecule has 0 spiro atoms. The summed E-state index contributed by atoms with van der Waals surface area (Å²) in [5.74, 6) is 0.362. The normalized spacial score (nSPS) is 18.8. The first-order chi connectivity index (χ1) is 9.70. The molecule has 0 radical (unpaired) electrons. The molecule has 0 aromatic carbocycles. The predicted molar refractivity (Wildman–Crippen MR) is 83.9 cm³/mol. The van der Waals surface area contributed by atoms with E-state index in [2.05, 4.69) is 27.7 Å². The van der Waals surface area contributed by atoms with Gasteiger partial charge >= 0.3 is 0 Å². The highest BCUT2D eigenvalue weighted by molar-refractivity contribution is 7.09. The molecule has 112 valence electrons. The lowest BCUT2D eigenvalue weighted by atomic mass is 10.1. The fourth-order valence-electron chi connectivity index (χ4n) is 2.68. The van der Waals surface area contributed by atoms with E-state index in [0.717, 1.165) is 45.7 Å². The Hall–Kier alpha value is -0.910. The monoisotopic (exact) mass is 295 g/mol. The lowest BCUT2D eigenvalue weighted by molar-refractivity contribution is -0.134.